The Morgan fingerprint density at radius 2 is 1.77 bits per heavy atom. The summed E-state index contributed by atoms with van der Waals surface area (Å²) in [5, 5.41) is 3.37. The van der Waals surface area contributed by atoms with Crippen LogP contribution in [0.5, 0.6) is 0 Å². The molecular weight excluding hydrogens is 373 g/mol. The lowest BCUT2D eigenvalue weighted by Crippen LogP contribution is -2.36. The summed E-state index contributed by atoms with van der Waals surface area (Å²) in [6, 6.07) is 5.06. The van der Waals surface area contributed by atoms with Crippen LogP contribution in [-0.4, -0.2) is 36.3 Å². The highest BCUT2D eigenvalue weighted by Gasteiger charge is 2.21. The number of piperidine rings is 1. The maximum Gasteiger partial charge on any atom is 0.255 e. The highest BCUT2D eigenvalue weighted by Crippen LogP contribution is 2.24. The number of carbonyl (C=O) groups excluding carboxylic acids is 2. The van der Waals surface area contributed by atoms with Gasteiger partial charge in [-0.2, -0.15) is 0 Å². The van der Waals surface area contributed by atoms with E-state index in [2.05, 4.69) is 5.32 Å². The summed E-state index contributed by atoms with van der Waals surface area (Å²) in [4.78, 5) is 26.8. The molecule has 146 valence electrons. The fraction of sp³-hybridized carbons (Fsp3) is 0.579. The molecule has 2 rings (SSSR count). The van der Waals surface area contributed by atoms with Crippen molar-refractivity contribution in [3.8, 4) is 0 Å². The van der Waals surface area contributed by atoms with E-state index in [1.165, 1.54) is 0 Å². The number of anilines is 1. The summed E-state index contributed by atoms with van der Waals surface area (Å²) < 4.78 is 0. The van der Waals surface area contributed by atoms with Crippen LogP contribution in [0, 0.1) is 0 Å². The van der Waals surface area contributed by atoms with Crippen molar-refractivity contribution < 1.29 is 9.59 Å². The average molecular weight is 402 g/mol. The molecule has 1 aromatic carbocycles. The van der Waals surface area contributed by atoms with Gasteiger partial charge >= 0.3 is 0 Å². The Morgan fingerprint density at radius 3 is 2.46 bits per heavy atom. The van der Waals surface area contributed by atoms with Gasteiger partial charge in [0.15, 0.2) is 0 Å². The molecule has 0 radical (unpaired) electrons. The second kappa shape index (κ2) is 12.2. The van der Waals surface area contributed by atoms with Gasteiger partial charge in [-0.25, -0.2) is 0 Å². The normalized spacial score (nSPS) is 13.8. The molecule has 26 heavy (non-hydrogen) atoms. The monoisotopic (exact) mass is 401 g/mol. The fourth-order valence-electron chi connectivity index (χ4n) is 3.07. The number of benzene rings is 1. The molecule has 1 heterocycles. The van der Waals surface area contributed by atoms with Gasteiger partial charge in [0.1, 0.15) is 0 Å². The van der Waals surface area contributed by atoms with Crippen molar-refractivity contribution in [1.29, 1.82) is 0 Å². The number of nitrogens with two attached hydrogens (primary N) is 1. The number of likely N-dealkylation sites (tertiary alicyclic amines) is 1. The topological polar surface area (TPSA) is 75.4 Å². The number of unbranched alkanes of at least 4 members (excludes halogenated alkanes) is 3. The number of hydrogen-bond acceptors (Lipinski definition) is 3. The van der Waals surface area contributed by atoms with Gasteiger partial charge < -0.3 is 16.0 Å². The summed E-state index contributed by atoms with van der Waals surface area (Å²) in [5.41, 5.74) is 6.49. The lowest BCUT2D eigenvalue weighted by Gasteiger charge is -2.27. The predicted molar refractivity (Wildman–Crippen MR) is 109 cm³/mol. The van der Waals surface area contributed by atoms with E-state index in [-0.39, 0.29) is 24.2 Å². The minimum absolute atomic E-state index is 0. The molecule has 5 nitrogen and oxygen atoms in total. The van der Waals surface area contributed by atoms with Crippen LogP contribution in [0.4, 0.5) is 5.69 Å². The Kier molecular flexibility index (Phi) is 10.6. The van der Waals surface area contributed by atoms with E-state index in [0.29, 0.717) is 29.2 Å². The smallest absolute Gasteiger partial charge is 0.255 e. The van der Waals surface area contributed by atoms with Gasteiger partial charge in [-0.1, -0.05) is 24.4 Å². The molecule has 7 heteroatoms. The Balaban J connectivity index is 0.00000338. The third-order valence-corrected chi connectivity index (χ3v) is 4.72. The number of rotatable bonds is 8. The zero-order valence-electron chi connectivity index (χ0n) is 15.1. The SMILES string of the molecule is Cl.NCCCCCCC(=O)Nc1cc(Cl)ccc1C(=O)N1CCCCC1. The first-order valence-corrected chi connectivity index (χ1v) is 9.58. The third-order valence-electron chi connectivity index (χ3n) is 4.49. The van der Waals surface area contributed by atoms with Crippen molar-refractivity contribution in [1.82, 2.24) is 4.90 Å². The molecule has 0 bridgehead atoms. The summed E-state index contributed by atoms with van der Waals surface area (Å²) in [5.74, 6) is -0.114. The van der Waals surface area contributed by atoms with Gasteiger partial charge in [0.2, 0.25) is 5.91 Å². The molecule has 0 atom stereocenters. The number of halogens is 2. The molecule has 1 saturated heterocycles. The maximum absolute atomic E-state index is 12.8. The van der Waals surface area contributed by atoms with Crippen LogP contribution in [0.1, 0.15) is 61.7 Å². The van der Waals surface area contributed by atoms with Gasteiger partial charge in [0.25, 0.3) is 5.91 Å². The Labute approximate surface area is 167 Å². The number of hydrogen-bond donors (Lipinski definition) is 2. The second-order valence-corrected chi connectivity index (χ2v) is 6.98. The quantitative estimate of drug-likeness (QED) is 0.639. The summed E-state index contributed by atoms with van der Waals surface area (Å²) in [6.45, 7) is 2.24. The highest BCUT2D eigenvalue weighted by molar-refractivity contribution is 6.31. The average Bonchev–Trinajstić information content (AvgIpc) is 2.62. The predicted octanol–water partition coefficient (Wildman–Crippen LogP) is 4.24. The standard InChI is InChI=1S/C19H28ClN3O2.ClH/c20-15-9-10-16(19(25)23-12-6-3-7-13-23)17(14-15)22-18(24)8-4-1-2-5-11-21;/h9-10,14H,1-8,11-13,21H2,(H,22,24);1H. The van der Waals surface area contributed by atoms with Crippen LogP contribution >= 0.6 is 24.0 Å². The zero-order chi connectivity index (χ0) is 18.1. The summed E-state index contributed by atoms with van der Waals surface area (Å²) >= 11 is 6.06. The first-order valence-electron chi connectivity index (χ1n) is 9.20. The molecule has 1 aliphatic rings. The number of amides is 2. The Hall–Kier alpha value is -1.30. The molecule has 3 N–H and O–H groups in total. The van der Waals surface area contributed by atoms with Gasteiger partial charge in [0, 0.05) is 24.5 Å². The van der Waals surface area contributed by atoms with Crippen LogP contribution in [0.15, 0.2) is 18.2 Å². The minimum Gasteiger partial charge on any atom is -0.339 e. The van der Waals surface area contributed by atoms with Crippen LogP contribution in [0.3, 0.4) is 0 Å². The first-order chi connectivity index (χ1) is 12.1. The molecule has 2 amide bonds. The van der Waals surface area contributed by atoms with Gasteiger partial charge in [-0.05, 0) is 56.8 Å². The molecule has 0 aromatic heterocycles. The van der Waals surface area contributed by atoms with Crippen molar-refractivity contribution in [2.24, 2.45) is 5.73 Å². The molecule has 0 aliphatic carbocycles. The van der Waals surface area contributed by atoms with Gasteiger partial charge in [0.05, 0.1) is 11.3 Å². The van der Waals surface area contributed by atoms with E-state index in [4.69, 9.17) is 17.3 Å². The molecule has 1 aromatic rings. The number of nitrogens with zero attached hydrogens (tertiary/aromatic N) is 1. The zero-order valence-corrected chi connectivity index (χ0v) is 16.7. The second-order valence-electron chi connectivity index (χ2n) is 6.54. The summed E-state index contributed by atoms with van der Waals surface area (Å²) in [6.07, 6.45) is 7.51. The number of nitrogens with one attached hydrogen (secondary N) is 1. The van der Waals surface area contributed by atoms with Gasteiger partial charge in [-0.15, -0.1) is 12.4 Å². The maximum atomic E-state index is 12.8. The molecule has 1 aliphatic heterocycles. The van der Waals surface area contributed by atoms with Crippen molar-refractivity contribution in [3.63, 3.8) is 0 Å². The largest absolute Gasteiger partial charge is 0.339 e. The van der Waals surface area contributed by atoms with Crippen molar-refractivity contribution in [2.75, 3.05) is 25.0 Å². The van der Waals surface area contributed by atoms with E-state index in [0.717, 1.165) is 58.0 Å². The third kappa shape index (κ3) is 7.14. The van der Waals surface area contributed by atoms with E-state index in [1.807, 2.05) is 4.90 Å². The van der Waals surface area contributed by atoms with Crippen LogP contribution < -0.4 is 11.1 Å². The molecule has 0 unspecified atom stereocenters. The van der Waals surface area contributed by atoms with E-state index < -0.39 is 0 Å². The first kappa shape index (κ1) is 22.7. The van der Waals surface area contributed by atoms with Crippen LogP contribution in [0.2, 0.25) is 5.02 Å². The lowest BCUT2D eigenvalue weighted by molar-refractivity contribution is -0.116. The fourth-order valence-corrected chi connectivity index (χ4v) is 3.24. The molecule has 0 spiro atoms. The van der Waals surface area contributed by atoms with Crippen molar-refractivity contribution >= 4 is 41.5 Å². The molecular formula is C19H29Cl2N3O2. The van der Waals surface area contributed by atoms with Crippen molar-refractivity contribution in [2.45, 2.75) is 51.4 Å². The Bertz CT molecular complexity index is 590. The molecule has 0 saturated carbocycles. The van der Waals surface area contributed by atoms with E-state index in [9.17, 15) is 9.59 Å². The van der Waals surface area contributed by atoms with E-state index >= 15 is 0 Å². The molecule has 1 fully saturated rings. The van der Waals surface area contributed by atoms with Crippen LogP contribution in [-0.2, 0) is 4.79 Å². The number of carbonyl (C=O) groups is 2. The van der Waals surface area contributed by atoms with Crippen LogP contribution in [0.25, 0.3) is 0 Å². The van der Waals surface area contributed by atoms with Gasteiger partial charge in [-0.3, -0.25) is 9.59 Å². The summed E-state index contributed by atoms with van der Waals surface area (Å²) in [7, 11) is 0. The lowest BCUT2D eigenvalue weighted by atomic mass is 10.1. The Morgan fingerprint density at radius 1 is 1.08 bits per heavy atom. The minimum atomic E-state index is -0.0808. The van der Waals surface area contributed by atoms with E-state index in [1.54, 1.807) is 18.2 Å². The van der Waals surface area contributed by atoms with Crippen molar-refractivity contribution in [3.05, 3.63) is 28.8 Å². The highest BCUT2D eigenvalue weighted by atomic mass is 35.5.